The van der Waals surface area contributed by atoms with Gasteiger partial charge >= 0.3 is 0 Å². The van der Waals surface area contributed by atoms with Crippen LogP contribution in [0.3, 0.4) is 0 Å². The lowest BCUT2D eigenvalue weighted by Gasteiger charge is -2.28. The van der Waals surface area contributed by atoms with E-state index in [4.69, 9.17) is 4.74 Å². The normalized spacial score (nSPS) is 29.0. The lowest BCUT2D eigenvalue weighted by atomic mass is 9.81. The van der Waals surface area contributed by atoms with E-state index in [-0.39, 0.29) is 6.10 Å². The van der Waals surface area contributed by atoms with E-state index in [0.29, 0.717) is 5.92 Å². The third kappa shape index (κ3) is 2.04. The van der Waals surface area contributed by atoms with Gasteiger partial charge in [-0.2, -0.15) is 0 Å². The molecular formula is C19H22O2. The summed E-state index contributed by atoms with van der Waals surface area (Å²) < 4.78 is 5.46. The van der Waals surface area contributed by atoms with Gasteiger partial charge in [-0.15, -0.1) is 0 Å². The maximum absolute atomic E-state index is 11.0. The Morgan fingerprint density at radius 2 is 1.86 bits per heavy atom. The molecule has 4 unspecified atom stereocenters. The van der Waals surface area contributed by atoms with Gasteiger partial charge in [0.05, 0.1) is 13.2 Å². The summed E-state index contributed by atoms with van der Waals surface area (Å²) in [4.78, 5) is 0. The highest BCUT2D eigenvalue weighted by molar-refractivity contribution is 5.91. The monoisotopic (exact) mass is 282 g/mol. The minimum absolute atomic E-state index is 0.337. The topological polar surface area (TPSA) is 29.5 Å². The van der Waals surface area contributed by atoms with Crippen molar-refractivity contribution in [3.8, 4) is 5.75 Å². The molecule has 0 aliphatic heterocycles. The van der Waals surface area contributed by atoms with E-state index in [0.717, 1.165) is 33.9 Å². The number of hydrogen-bond acceptors (Lipinski definition) is 2. The van der Waals surface area contributed by atoms with E-state index in [1.54, 1.807) is 7.11 Å². The van der Waals surface area contributed by atoms with Gasteiger partial charge in [0.25, 0.3) is 0 Å². The van der Waals surface area contributed by atoms with Crippen LogP contribution >= 0.6 is 0 Å². The molecule has 110 valence electrons. The standard InChI is InChI=1S/C19H22O2/c1-21-18-9-8-16(14-4-2-3-5-15(14)18)19(20)17-11-12-6-7-13(17)10-12/h2-5,8-9,12-13,17,19-20H,6-7,10-11H2,1H3. The molecule has 2 nitrogen and oxygen atoms in total. The van der Waals surface area contributed by atoms with E-state index in [9.17, 15) is 5.11 Å². The van der Waals surface area contributed by atoms with Crippen molar-refractivity contribution in [2.24, 2.45) is 17.8 Å². The van der Waals surface area contributed by atoms with E-state index >= 15 is 0 Å². The Hall–Kier alpha value is -1.54. The molecule has 2 saturated carbocycles. The van der Waals surface area contributed by atoms with Crippen molar-refractivity contribution in [1.82, 2.24) is 0 Å². The van der Waals surface area contributed by atoms with Gasteiger partial charge in [-0.05, 0) is 54.0 Å². The van der Waals surface area contributed by atoms with Crippen LogP contribution in [0.1, 0.15) is 37.4 Å². The maximum atomic E-state index is 11.0. The van der Waals surface area contributed by atoms with Gasteiger partial charge in [-0.3, -0.25) is 0 Å². The molecule has 2 fully saturated rings. The van der Waals surface area contributed by atoms with Crippen molar-refractivity contribution in [2.45, 2.75) is 31.8 Å². The Morgan fingerprint density at radius 1 is 1.05 bits per heavy atom. The maximum Gasteiger partial charge on any atom is 0.126 e. The van der Waals surface area contributed by atoms with E-state index in [1.165, 1.54) is 25.7 Å². The van der Waals surface area contributed by atoms with Crippen LogP contribution in [-0.4, -0.2) is 12.2 Å². The zero-order valence-electron chi connectivity index (χ0n) is 12.5. The van der Waals surface area contributed by atoms with Crippen LogP contribution in [0.4, 0.5) is 0 Å². The number of benzene rings is 2. The number of methoxy groups -OCH3 is 1. The Kier molecular flexibility index (Phi) is 3.15. The summed E-state index contributed by atoms with van der Waals surface area (Å²) >= 11 is 0. The molecule has 0 radical (unpaired) electrons. The number of aliphatic hydroxyl groups is 1. The molecule has 4 rings (SSSR count). The average molecular weight is 282 g/mol. The molecule has 0 spiro atoms. The van der Waals surface area contributed by atoms with Gasteiger partial charge in [0.2, 0.25) is 0 Å². The number of hydrogen-bond donors (Lipinski definition) is 1. The molecule has 2 bridgehead atoms. The highest BCUT2D eigenvalue weighted by Crippen LogP contribution is 2.53. The van der Waals surface area contributed by atoms with Crippen molar-refractivity contribution in [3.05, 3.63) is 42.0 Å². The smallest absolute Gasteiger partial charge is 0.126 e. The van der Waals surface area contributed by atoms with Gasteiger partial charge in [-0.1, -0.05) is 36.8 Å². The van der Waals surface area contributed by atoms with Gasteiger partial charge in [0.15, 0.2) is 0 Å². The van der Waals surface area contributed by atoms with Gasteiger partial charge in [-0.25, -0.2) is 0 Å². The minimum Gasteiger partial charge on any atom is -0.496 e. The van der Waals surface area contributed by atoms with Crippen LogP contribution in [-0.2, 0) is 0 Å². The zero-order valence-corrected chi connectivity index (χ0v) is 12.5. The van der Waals surface area contributed by atoms with Gasteiger partial charge in [0.1, 0.15) is 5.75 Å². The van der Waals surface area contributed by atoms with Crippen LogP contribution in [0.2, 0.25) is 0 Å². The lowest BCUT2D eigenvalue weighted by Crippen LogP contribution is -2.19. The van der Waals surface area contributed by atoms with Crippen LogP contribution < -0.4 is 4.74 Å². The highest BCUT2D eigenvalue weighted by Gasteiger charge is 2.43. The summed E-state index contributed by atoms with van der Waals surface area (Å²) in [6, 6.07) is 12.3. The SMILES string of the molecule is COc1ccc(C(O)C2CC3CCC2C3)c2ccccc12. The Bertz CT molecular complexity index is 664. The number of ether oxygens (including phenoxy) is 1. The largest absolute Gasteiger partial charge is 0.496 e. The molecule has 2 aliphatic rings. The first-order valence-electron chi connectivity index (χ1n) is 8.01. The molecule has 2 heteroatoms. The van der Waals surface area contributed by atoms with Gasteiger partial charge < -0.3 is 9.84 Å². The molecule has 0 aromatic heterocycles. The molecule has 4 atom stereocenters. The summed E-state index contributed by atoms with van der Waals surface area (Å²) in [5.74, 6) is 2.92. The summed E-state index contributed by atoms with van der Waals surface area (Å²) in [5.41, 5.74) is 1.07. The van der Waals surface area contributed by atoms with Crippen molar-refractivity contribution in [1.29, 1.82) is 0 Å². The average Bonchev–Trinajstić information content (AvgIpc) is 3.16. The van der Waals surface area contributed by atoms with Crippen molar-refractivity contribution >= 4 is 10.8 Å². The molecule has 2 aliphatic carbocycles. The number of rotatable bonds is 3. The fourth-order valence-corrected chi connectivity index (χ4v) is 4.64. The lowest BCUT2D eigenvalue weighted by molar-refractivity contribution is 0.0757. The third-order valence-corrected chi connectivity index (χ3v) is 5.65. The second-order valence-electron chi connectivity index (χ2n) is 6.69. The molecule has 2 aromatic carbocycles. The second-order valence-corrected chi connectivity index (χ2v) is 6.69. The van der Waals surface area contributed by atoms with Gasteiger partial charge in [0, 0.05) is 5.39 Å². The predicted molar refractivity (Wildman–Crippen MR) is 84.4 cm³/mol. The second kappa shape index (κ2) is 5.03. The van der Waals surface area contributed by atoms with E-state index in [2.05, 4.69) is 18.2 Å². The Labute approximate surface area is 125 Å². The summed E-state index contributed by atoms with van der Waals surface area (Å²) in [7, 11) is 1.70. The first-order chi connectivity index (χ1) is 10.3. The van der Waals surface area contributed by atoms with Crippen LogP contribution in [0.5, 0.6) is 5.75 Å². The number of fused-ring (bicyclic) bond motifs is 3. The minimum atomic E-state index is -0.337. The summed E-state index contributed by atoms with van der Waals surface area (Å²) in [6.45, 7) is 0. The number of aliphatic hydroxyl groups excluding tert-OH is 1. The first kappa shape index (κ1) is 13.1. The van der Waals surface area contributed by atoms with Crippen LogP contribution in [0.25, 0.3) is 10.8 Å². The molecule has 2 aromatic rings. The van der Waals surface area contributed by atoms with E-state index < -0.39 is 0 Å². The summed E-state index contributed by atoms with van der Waals surface area (Å²) in [5, 5.41) is 13.2. The Morgan fingerprint density at radius 3 is 2.52 bits per heavy atom. The molecule has 1 N–H and O–H groups in total. The van der Waals surface area contributed by atoms with Crippen LogP contribution in [0, 0.1) is 17.8 Å². The van der Waals surface area contributed by atoms with Crippen LogP contribution in [0.15, 0.2) is 36.4 Å². The highest BCUT2D eigenvalue weighted by atomic mass is 16.5. The third-order valence-electron chi connectivity index (χ3n) is 5.65. The van der Waals surface area contributed by atoms with Crippen molar-refractivity contribution in [2.75, 3.05) is 7.11 Å². The fourth-order valence-electron chi connectivity index (χ4n) is 4.64. The zero-order chi connectivity index (χ0) is 14.4. The fraction of sp³-hybridized carbons (Fsp3) is 0.474. The molecule has 0 amide bonds. The molecule has 0 heterocycles. The summed E-state index contributed by atoms with van der Waals surface area (Å²) in [6.07, 6.45) is 4.87. The first-order valence-corrected chi connectivity index (χ1v) is 8.01. The van der Waals surface area contributed by atoms with Crippen molar-refractivity contribution < 1.29 is 9.84 Å². The quantitative estimate of drug-likeness (QED) is 0.908. The van der Waals surface area contributed by atoms with Crippen molar-refractivity contribution in [3.63, 3.8) is 0 Å². The van der Waals surface area contributed by atoms with E-state index in [1.807, 2.05) is 18.2 Å². The predicted octanol–water partition coefficient (Wildman–Crippen LogP) is 4.32. The molecule has 21 heavy (non-hydrogen) atoms. The Balaban J connectivity index is 1.76. The molecule has 0 saturated heterocycles. The molecular weight excluding hydrogens is 260 g/mol.